The first kappa shape index (κ1) is 14.8. The number of hydrogen-bond donors (Lipinski definition) is 1. The van der Waals surface area contributed by atoms with Crippen LogP contribution >= 0.6 is 0 Å². The quantitative estimate of drug-likeness (QED) is 0.842. The average Bonchev–Trinajstić information content (AvgIpc) is 2.51. The molecule has 0 radical (unpaired) electrons. The van der Waals surface area contributed by atoms with E-state index < -0.39 is 0 Å². The Bertz CT molecular complexity index is 536. The Labute approximate surface area is 121 Å². The van der Waals surface area contributed by atoms with Crippen molar-refractivity contribution in [2.75, 3.05) is 31.1 Å². The molecule has 2 rings (SSSR count). The lowest BCUT2D eigenvalue weighted by Crippen LogP contribution is -2.38. The van der Waals surface area contributed by atoms with Gasteiger partial charge in [-0.3, -0.25) is 0 Å². The highest BCUT2D eigenvalue weighted by Crippen LogP contribution is 2.26. The predicted molar refractivity (Wildman–Crippen MR) is 86.3 cm³/mol. The van der Waals surface area contributed by atoms with Crippen LogP contribution in [0, 0.1) is 0 Å². The molecule has 0 aliphatic heterocycles. The number of benzene rings is 2. The highest BCUT2D eigenvalue weighted by molar-refractivity contribution is 5.94. The Morgan fingerprint density at radius 1 is 1.10 bits per heavy atom. The summed E-state index contributed by atoms with van der Waals surface area (Å²) in [6, 6.07) is 14.9. The van der Waals surface area contributed by atoms with Crippen LogP contribution in [0.2, 0.25) is 0 Å². The van der Waals surface area contributed by atoms with E-state index in [1.165, 1.54) is 16.5 Å². The van der Waals surface area contributed by atoms with Crippen molar-refractivity contribution >= 4 is 16.5 Å². The fourth-order valence-electron chi connectivity index (χ4n) is 2.56. The first-order valence-electron chi connectivity index (χ1n) is 7.34. The van der Waals surface area contributed by atoms with E-state index in [0.29, 0.717) is 13.2 Å². The lowest BCUT2D eigenvalue weighted by molar-refractivity contribution is 0.0739. The van der Waals surface area contributed by atoms with Gasteiger partial charge in [-0.25, -0.2) is 0 Å². The largest absolute Gasteiger partial charge is 0.375 e. The molecule has 0 amide bonds. The number of ether oxygens (including phenoxy) is 1. The van der Waals surface area contributed by atoms with Gasteiger partial charge in [-0.05, 0) is 25.3 Å². The van der Waals surface area contributed by atoms with Gasteiger partial charge in [0, 0.05) is 37.3 Å². The first-order chi connectivity index (χ1) is 9.80. The Balaban J connectivity index is 2.29. The van der Waals surface area contributed by atoms with E-state index >= 15 is 0 Å². The SMILES string of the molecule is CCOC(CN)CN(CC)c1cccc2ccccc12. The molecule has 1 atom stereocenters. The van der Waals surface area contributed by atoms with Crippen molar-refractivity contribution in [3.8, 4) is 0 Å². The van der Waals surface area contributed by atoms with Crippen LogP contribution in [0.15, 0.2) is 42.5 Å². The first-order valence-corrected chi connectivity index (χ1v) is 7.34. The summed E-state index contributed by atoms with van der Waals surface area (Å²) in [7, 11) is 0. The topological polar surface area (TPSA) is 38.5 Å². The van der Waals surface area contributed by atoms with Gasteiger partial charge < -0.3 is 15.4 Å². The van der Waals surface area contributed by atoms with E-state index in [-0.39, 0.29) is 6.10 Å². The zero-order chi connectivity index (χ0) is 14.4. The van der Waals surface area contributed by atoms with E-state index in [9.17, 15) is 0 Å². The molecule has 2 aromatic rings. The van der Waals surface area contributed by atoms with E-state index in [0.717, 1.165) is 13.1 Å². The summed E-state index contributed by atoms with van der Waals surface area (Å²) in [5, 5.41) is 2.55. The van der Waals surface area contributed by atoms with Crippen LogP contribution in [0.3, 0.4) is 0 Å². The maximum Gasteiger partial charge on any atom is 0.0871 e. The highest BCUT2D eigenvalue weighted by Gasteiger charge is 2.14. The van der Waals surface area contributed by atoms with Gasteiger partial charge in [0.2, 0.25) is 0 Å². The molecule has 2 aromatic carbocycles. The summed E-state index contributed by atoms with van der Waals surface area (Å²) in [4.78, 5) is 2.34. The smallest absolute Gasteiger partial charge is 0.0871 e. The third-order valence-corrected chi connectivity index (χ3v) is 3.58. The molecular formula is C17H24N2O. The number of likely N-dealkylation sites (N-methyl/N-ethyl adjacent to an activating group) is 1. The van der Waals surface area contributed by atoms with Gasteiger partial charge in [0.1, 0.15) is 0 Å². The summed E-state index contributed by atoms with van der Waals surface area (Å²) in [6.07, 6.45) is 0.0823. The molecule has 108 valence electrons. The van der Waals surface area contributed by atoms with Crippen molar-refractivity contribution in [1.29, 1.82) is 0 Å². The van der Waals surface area contributed by atoms with E-state index in [1.54, 1.807) is 0 Å². The van der Waals surface area contributed by atoms with Crippen molar-refractivity contribution in [2.45, 2.75) is 20.0 Å². The van der Waals surface area contributed by atoms with Crippen molar-refractivity contribution in [2.24, 2.45) is 5.73 Å². The number of anilines is 1. The number of rotatable bonds is 7. The second-order valence-electron chi connectivity index (χ2n) is 4.85. The molecule has 0 aliphatic rings. The van der Waals surface area contributed by atoms with Crippen molar-refractivity contribution in [3.05, 3.63) is 42.5 Å². The standard InChI is InChI=1S/C17H24N2O/c1-3-19(13-15(12-18)20-4-2)17-11-7-9-14-8-5-6-10-16(14)17/h5-11,15H,3-4,12-13,18H2,1-2H3. The minimum atomic E-state index is 0.0823. The van der Waals surface area contributed by atoms with Crippen molar-refractivity contribution in [3.63, 3.8) is 0 Å². The summed E-state index contributed by atoms with van der Waals surface area (Å²) >= 11 is 0. The third-order valence-electron chi connectivity index (χ3n) is 3.58. The van der Waals surface area contributed by atoms with Gasteiger partial charge in [0.05, 0.1) is 6.10 Å². The maximum atomic E-state index is 5.80. The molecular weight excluding hydrogens is 248 g/mol. The molecule has 20 heavy (non-hydrogen) atoms. The van der Waals surface area contributed by atoms with Gasteiger partial charge in [-0.2, -0.15) is 0 Å². The van der Waals surface area contributed by atoms with Crippen molar-refractivity contribution in [1.82, 2.24) is 0 Å². The Morgan fingerprint density at radius 2 is 1.85 bits per heavy atom. The number of hydrogen-bond acceptors (Lipinski definition) is 3. The average molecular weight is 272 g/mol. The summed E-state index contributed by atoms with van der Waals surface area (Å²) in [5.41, 5.74) is 7.05. The zero-order valence-electron chi connectivity index (χ0n) is 12.4. The van der Waals surface area contributed by atoms with Crippen LogP contribution < -0.4 is 10.6 Å². The fourth-order valence-corrected chi connectivity index (χ4v) is 2.56. The molecule has 0 heterocycles. The van der Waals surface area contributed by atoms with Crippen LogP contribution in [0.5, 0.6) is 0 Å². The van der Waals surface area contributed by atoms with Gasteiger partial charge in [0.15, 0.2) is 0 Å². The second-order valence-corrected chi connectivity index (χ2v) is 4.85. The van der Waals surface area contributed by atoms with Crippen LogP contribution in [0.25, 0.3) is 10.8 Å². The molecule has 0 aliphatic carbocycles. The molecule has 1 unspecified atom stereocenters. The second kappa shape index (κ2) is 7.27. The fraction of sp³-hybridized carbons (Fsp3) is 0.412. The molecule has 0 bridgehead atoms. The molecule has 2 N–H and O–H groups in total. The highest BCUT2D eigenvalue weighted by atomic mass is 16.5. The maximum absolute atomic E-state index is 5.80. The molecule has 0 spiro atoms. The monoisotopic (exact) mass is 272 g/mol. The van der Waals surface area contributed by atoms with Gasteiger partial charge in [-0.15, -0.1) is 0 Å². The summed E-state index contributed by atoms with van der Waals surface area (Å²) in [6.45, 7) is 7.20. The number of nitrogens with two attached hydrogens (primary N) is 1. The van der Waals surface area contributed by atoms with Gasteiger partial charge >= 0.3 is 0 Å². The Hall–Kier alpha value is -1.58. The molecule has 0 saturated heterocycles. The van der Waals surface area contributed by atoms with E-state index in [4.69, 9.17) is 10.5 Å². The van der Waals surface area contributed by atoms with E-state index in [1.807, 2.05) is 6.92 Å². The van der Waals surface area contributed by atoms with Crippen LogP contribution in [0.1, 0.15) is 13.8 Å². The molecule has 0 aromatic heterocycles. The number of nitrogens with zero attached hydrogens (tertiary/aromatic N) is 1. The van der Waals surface area contributed by atoms with Gasteiger partial charge in [-0.1, -0.05) is 36.4 Å². The minimum absolute atomic E-state index is 0.0823. The van der Waals surface area contributed by atoms with Crippen LogP contribution in [-0.2, 0) is 4.74 Å². The van der Waals surface area contributed by atoms with Gasteiger partial charge in [0.25, 0.3) is 0 Å². The molecule has 0 saturated carbocycles. The number of fused-ring (bicyclic) bond motifs is 1. The lowest BCUT2D eigenvalue weighted by atomic mass is 10.1. The molecule has 3 nitrogen and oxygen atoms in total. The third kappa shape index (κ3) is 3.30. The van der Waals surface area contributed by atoms with Crippen LogP contribution in [-0.4, -0.2) is 32.3 Å². The Morgan fingerprint density at radius 3 is 2.55 bits per heavy atom. The summed E-state index contributed by atoms with van der Waals surface area (Å²) in [5.74, 6) is 0. The molecule has 0 fully saturated rings. The van der Waals surface area contributed by atoms with Crippen LogP contribution in [0.4, 0.5) is 5.69 Å². The zero-order valence-corrected chi connectivity index (χ0v) is 12.4. The Kier molecular flexibility index (Phi) is 5.39. The van der Waals surface area contributed by atoms with E-state index in [2.05, 4.69) is 54.3 Å². The predicted octanol–water partition coefficient (Wildman–Crippen LogP) is 3.03. The normalized spacial score (nSPS) is 12.6. The minimum Gasteiger partial charge on any atom is -0.375 e. The molecule has 3 heteroatoms. The lowest BCUT2D eigenvalue weighted by Gasteiger charge is -2.28. The van der Waals surface area contributed by atoms with Crippen molar-refractivity contribution < 1.29 is 4.74 Å². The summed E-state index contributed by atoms with van der Waals surface area (Å²) < 4.78 is 5.69.